The minimum Gasteiger partial charge on any atom is -0.318 e. The summed E-state index contributed by atoms with van der Waals surface area (Å²) in [6.07, 6.45) is 4.07. The predicted molar refractivity (Wildman–Crippen MR) is 93.3 cm³/mol. The highest BCUT2D eigenvalue weighted by molar-refractivity contribution is 7.06. The maximum absolute atomic E-state index is 12.4. The zero-order valence-electron chi connectivity index (χ0n) is 14.0. The molecular weight excluding hydrogens is 326 g/mol. The zero-order chi connectivity index (χ0) is 17.3. The molecule has 0 unspecified atom stereocenters. The normalized spacial score (nSPS) is 14.8. The first kappa shape index (κ1) is 16.6. The van der Waals surface area contributed by atoms with Crippen molar-refractivity contribution in [3.63, 3.8) is 0 Å². The van der Waals surface area contributed by atoms with Crippen LogP contribution in [0, 0.1) is 19.8 Å². The van der Waals surface area contributed by atoms with Crippen molar-refractivity contribution in [2.75, 3.05) is 10.6 Å². The Morgan fingerprint density at radius 1 is 1.25 bits per heavy atom. The van der Waals surface area contributed by atoms with E-state index in [0.29, 0.717) is 5.82 Å². The van der Waals surface area contributed by atoms with Crippen molar-refractivity contribution in [3.05, 3.63) is 22.3 Å². The fraction of sp³-hybridized carbons (Fsp3) is 0.500. The van der Waals surface area contributed by atoms with Crippen molar-refractivity contribution < 1.29 is 9.59 Å². The molecule has 1 aliphatic rings. The Balaban J connectivity index is 1.71. The van der Waals surface area contributed by atoms with E-state index in [0.717, 1.165) is 41.9 Å². The molecule has 1 saturated carbocycles. The molecule has 3 rings (SSSR count). The van der Waals surface area contributed by atoms with Crippen LogP contribution in [-0.2, 0) is 11.8 Å². The number of aromatic nitrogens is 3. The Bertz CT molecular complexity index is 754. The summed E-state index contributed by atoms with van der Waals surface area (Å²) in [6.45, 7) is 3.76. The third-order valence-electron chi connectivity index (χ3n) is 4.36. The van der Waals surface area contributed by atoms with E-state index in [2.05, 4.69) is 20.1 Å². The van der Waals surface area contributed by atoms with Crippen LogP contribution < -0.4 is 10.6 Å². The summed E-state index contributed by atoms with van der Waals surface area (Å²) in [6, 6.07) is 1.60. The van der Waals surface area contributed by atoms with Crippen molar-refractivity contribution >= 4 is 34.9 Å². The van der Waals surface area contributed by atoms with Crippen molar-refractivity contribution in [1.82, 2.24) is 14.2 Å². The number of aryl methyl sites for hydroxylation is 3. The molecule has 128 valence electrons. The second-order valence-corrected chi connectivity index (χ2v) is 7.14. The van der Waals surface area contributed by atoms with Gasteiger partial charge >= 0.3 is 0 Å². The molecule has 1 aliphatic carbocycles. The van der Waals surface area contributed by atoms with E-state index < -0.39 is 0 Å². The number of carbonyl (C=O) groups excluding carboxylic acids is 2. The van der Waals surface area contributed by atoms with Crippen LogP contribution in [-0.4, -0.2) is 26.0 Å². The van der Waals surface area contributed by atoms with Gasteiger partial charge in [-0.1, -0.05) is 12.8 Å². The van der Waals surface area contributed by atoms with E-state index in [1.165, 1.54) is 16.2 Å². The van der Waals surface area contributed by atoms with Gasteiger partial charge in [-0.3, -0.25) is 14.3 Å². The van der Waals surface area contributed by atoms with E-state index >= 15 is 0 Å². The molecule has 0 bridgehead atoms. The van der Waals surface area contributed by atoms with Gasteiger partial charge in [-0.25, -0.2) is 0 Å². The summed E-state index contributed by atoms with van der Waals surface area (Å²) in [7, 11) is 1.71. The lowest BCUT2D eigenvalue weighted by molar-refractivity contribution is -0.119. The van der Waals surface area contributed by atoms with Gasteiger partial charge in [-0.15, -0.1) is 0 Å². The van der Waals surface area contributed by atoms with E-state index in [9.17, 15) is 9.59 Å². The minimum atomic E-state index is -0.307. The molecule has 2 heterocycles. The monoisotopic (exact) mass is 347 g/mol. The number of hydrogen-bond donors (Lipinski definition) is 2. The summed E-state index contributed by atoms with van der Waals surface area (Å²) in [5.74, 6) is 0.308. The predicted octanol–water partition coefficient (Wildman–Crippen LogP) is 2.87. The molecule has 24 heavy (non-hydrogen) atoms. The van der Waals surface area contributed by atoms with Crippen molar-refractivity contribution in [2.24, 2.45) is 13.0 Å². The van der Waals surface area contributed by atoms with Gasteiger partial charge in [-0.2, -0.15) is 9.47 Å². The first-order valence-electron chi connectivity index (χ1n) is 8.05. The Kier molecular flexibility index (Phi) is 4.66. The first-order chi connectivity index (χ1) is 11.5. The van der Waals surface area contributed by atoms with Crippen LogP contribution in [0.15, 0.2) is 6.07 Å². The molecule has 0 atom stereocenters. The lowest BCUT2D eigenvalue weighted by atomic mass is 10.1. The second kappa shape index (κ2) is 6.72. The van der Waals surface area contributed by atoms with Gasteiger partial charge in [0.05, 0.1) is 11.4 Å². The summed E-state index contributed by atoms with van der Waals surface area (Å²) >= 11 is 1.35. The van der Waals surface area contributed by atoms with E-state index in [1.54, 1.807) is 13.1 Å². The molecule has 2 aromatic rings. The average Bonchev–Trinajstić information content (AvgIpc) is 3.26. The highest BCUT2D eigenvalue weighted by atomic mass is 32.1. The first-order valence-corrected chi connectivity index (χ1v) is 8.82. The zero-order valence-corrected chi connectivity index (χ0v) is 14.9. The van der Waals surface area contributed by atoms with Crippen LogP contribution in [0.1, 0.15) is 46.7 Å². The molecular formula is C16H21N5O2S. The maximum Gasteiger partial charge on any atom is 0.276 e. The lowest BCUT2D eigenvalue weighted by Crippen LogP contribution is -2.21. The molecule has 2 aromatic heterocycles. The maximum atomic E-state index is 12.4. The molecule has 0 spiro atoms. The fourth-order valence-corrected chi connectivity index (χ4v) is 3.61. The number of carbonyl (C=O) groups is 2. The van der Waals surface area contributed by atoms with Gasteiger partial charge in [0.15, 0.2) is 5.69 Å². The highest BCUT2D eigenvalue weighted by Crippen LogP contribution is 2.26. The smallest absolute Gasteiger partial charge is 0.276 e. The quantitative estimate of drug-likeness (QED) is 0.890. The van der Waals surface area contributed by atoms with Crippen molar-refractivity contribution in [3.8, 4) is 0 Å². The van der Waals surface area contributed by atoms with Crippen LogP contribution in [0.25, 0.3) is 0 Å². The Hall–Kier alpha value is -2.22. The third kappa shape index (κ3) is 3.33. The number of hydrogen-bond acceptors (Lipinski definition) is 5. The summed E-state index contributed by atoms with van der Waals surface area (Å²) < 4.78 is 5.73. The fourth-order valence-electron chi connectivity index (χ4n) is 2.95. The van der Waals surface area contributed by atoms with Crippen molar-refractivity contribution in [2.45, 2.75) is 39.5 Å². The number of nitrogens with zero attached hydrogens (tertiary/aromatic N) is 3. The molecule has 8 heteroatoms. The van der Waals surface area contributed by atoms with Crippen LogP contribution >= 0.6 is 11.5 Å². The Morgan fingerprint density at radius 3 is 2.58 bits per heavy atom. The molecule has 7 nitrogen and oxygen atoms in total. The van der Waals surface area contributed by atoms with Gasteiger partial charge in [0.1, 0.15) is 5.82 Å². The molecule has 0 aromatic carbocycles. The van der Waals surface area contributed by atoms with Gasteiger partial charge in [0.25, 0.3) is 5.91 Å². The summed E-state index contributed by atoms with van der Waals surface area (Å²) in [5, 5.41) is 9.93. The topological polar surface area (TPSA) is 88.9 Å². The van der Waals surface area contributed by atoms with Crippen LogP contribution in [0.2, 0.25) is 0 Å². The largest absolute Gasteiger partial charge is 0.318 e. The number of nitrogens with one attached hydrogen (secondary N) is 2. The Morgan fingerprint density at radius 2 is 1.96 bits per heavy atom. The van der Waals surface area contributed by atoms with Crippen LogP contribution in [0.3, 0.4) is 0 Å². The summed E-state index contributed by atoms with van der Waals surface area (Å²) in [4.78, 5) is 25.6. The van der Waals surface area contributed by atoms with Gasteiger partial charge in [-0.05, 0) is 38.2 Å². The van der Waals surface area contributed by atoms with Crippen LogP contribution in [0.5, 0.6) is 0 Å². The van der Waals surface area contributed by atoms with Gasteiger partial charge in [0.2, 0.25) is 5.91 Å². The minimum absolute atomic E-state index is 0.0104. The van der Waals surface area contributed by atoms with E-state index in [-0.39, 0.29) is 23.4 Å². The number of amides is 2. The molecule has 2 amide bonds. The van der Waals surface area contributed by atoms with Crippen molar-refractivity contribution in [1.29, 1.82) is 0 Å². The van der Waals surface area contributed by atoms with Gasteiger partial charge < -0.3 is 10.6 Å². The van der Waals surface area contributed by atoms with E-state index in [1.807, 2.05) is 13.8 Å². The third-order valence-corrected chi connectivity index (χ3v) is 5.20. The van der Waals surface area contributed by atoms with E-state index in [4.69, 9.17) is 0 Å². The molecule has 1 fully saturated rings. The molecule has 2 N–H and O–H groups in total. The standard InChI is InChI=1S/C16H21N5O2S/c1-9-14(10(2)24-20-9)18-16(23)12-8-13(21(3)19-12)17-15(22)11-6-4-5-7-11/h8,11H,4-7H2,1-3H3,(H,17,22)(H,18,23). The lowest BCUT2D eigenvalue weighted by Gasteiger charge is -2.09. The molecule has 0 aliphatic heterocycles. The number of rotatable bonds is 4. The van der Waals surface area contributed by atoms with Crippen LogP contribution in [0.4, 0.5) is 11.5 Å². The average molecular weight is 347 g/mol. The Labute approximate surface area is 144 Å². The molecule has 0 radical (unpaired) electrons. The highest BCUT2D eigenvalue weighted by Gasteiger charge is 2.24. The summed E-state index contributed by atoms with van der Waals surface area (Å²) in [5.41, 5.74) is 1.79. The number of anilines is 2. The van der Waals surface area contributed by atoms with Gasteiger partial charge in [0, 0.05) is 23.9 Å². The molecule has 0 saturated heterocycles. The SMILES string of the molecule is Cc1nsc(C)c1NC(=O)c1cc(NC(=O)C2CCCC2)n(C)n1. The second-order valence-electron chi connectivity index (χ2n) is 6.16.